The fraction of sp³-hybridized carbons (Fsp3) is 0.533. The van der Waals surface area contributed by atoms with Gasteiger partial charge in [-0.1, -0.05) is 19.1 Å². The van der Waals surface area contributed by atoms with Crippen molar-refractivity contribution in [3.63, 3.8) is 0 Å². The van der Waals surface area contributed by atoms with Gasteiger partial charge in [0.15, 0.2) is 5.78 Å². The molecule has 1 unspecified atom stereocenters. The van der Waals surface area contributed by atoms with E-state index in [0.717, 1.165) is 25.1 Å². The smallest absolute Gasteiger partial charge is 0.179 e. The number of nitrogens with zero attached hydrogens (tertiary/aromatic N) is 1. The zero-order chi connectivity index (χ0) is 13.0. The number of rotatable bonds is 5. The SMILES string of the molecule is CCC(C(=O)c1ccc(SC)cc1)N1CCCC1. The molecule has 2 nitrogen and oxygen atoms in total. The molecule has 2 rings (SSSR count). The summed E-state index contributed by atoms with van der Waals surface area (Å²) in [6.45, 7) is 4.26. The normalized spacial score (nSPS) is 17.9. The van der Waals surface area contributed by atoms with Gasteiger partial charge in [0.05, 0.1) is 6.04 Å². The lowest BCUT2D eigenvalue weighted by atomic mass is 10.0. The Bertz CT molecular complexity index is 395. The third kappa shape index (κ3) is 2.96. The third-order valence-electron chi connectivity index (χ3n) is 3.65. The highest BCUT2D eigenvalue weighted by Crippen LogP contribution is 2.20. The predicted molar refractivity (Wildman–Crippen MR) is 77.4 cm³/mol. The standard InChI is InChI=1S/C15H21NOS/c1-3-14(16-10-4-5-11-16)15(17)12-6-8-13(18-2)9-7-12/h6-9,14H,3-5,10-11H2,1-2H3. The maximum Gasteiger partial charge on any atom is 0.179 e. The van der Waals surface area contributed by atoms with Crippen molar-refractivity contribution in [2.24, 2.45) is 0 Å². The second-order valence-electron chi connectivity index (χ2n) is 4.76. The van der Waals surface area contributed by atoms with Gasteiger partial charge in [-0.15, -0.1) is 11.8 Å². The van der Waals surface area contributed by atoms with E-state index >= 15 is 0 Å². The van der Waals surface area contributed by atoms with Crippen LogP contribution < -0.4 is 0 Å². The summed E-state index contributed by atoms with van der Waals surface area (Å²) in [5.41, 5.74) is 0.853. The molecular weight excluding hydrogens is 242 g/mol. The molecule has 1 aliphatic heterocycles. The van der Waals surface area contributed by atoms with Crippen LogP contribution in [0.15, 0.2) is 29.2 Å². The summed E-state index contributed by atoms with van der Waals surface area (Å²) in [5, 5.41) is 0. The summed E-state index contributed by atoms with van der Waals surface area (Å²) in [6.07, 6.45) is 5.42. The number of hydrogen-bond acceptors (Lipinski definition) is 3. The van der Waals surface area contributed by atoms with Crippen molar-refractivity contribution >= 4 is 17.5 Å². The first-order chi connectivity index (χ1) is 8.76. The average Bonchev–Trinajstić information content (AvgIpc) is 2.93. The predicted octanol–water partition coefficient (Wildman–Crippen LogP) is 3.47. The molecule has 0 bridgehead atoms. The van der Waals surface area contributed by atoms with Gasteiger partial charge in [0.25, 0.3) is 0 Å². The molecule has 0 radical (unpaired) electrons. The lowest BCUT2D eigenvalue weighted by Gasteiger charge is -2.25. The Labute approximate surface area is 114 Å². The van der Waals surface area contributed by atoms with E-state index in [4.69, 9.17) is 0 Å². The summed E-state index contributed by atoms with van der Waals surface area (Å²) in [6, 6.07) is 8.08. The number of carbonyl (C=O) groups is 1. The number of carbonyl (C=O) groups excluding carboxylic acids is 1. The molecule has 1 heterocycles. The Morgan fingerprint density at radius 2 is 1.89 bits per heavy atom. The maximum absolute atomic E-state index is 12.5. The van der Waals surface area contributed by atoms with Crippen LogP contribution in [0.4, 0.5) is 0 Å². The van der Waals surface area contributed by atoms with Crippen LogP contribution >= 0.6 is 11.8 Å². The molecule has 1 atom stereocenters. The van der Waals surface area contributed by atoms with Gasteiger partial charge in [-0.2, -0.15) is 0 Å². The first-order valence-corrected chi connectivity index (χ1v) is 7.91. The fourth-order valence-electron chi connectivity index (χ4n) is 2.61. The van der Waals surface area contributed by atoms with E-state index in [1.807, 2.05) is 24.3 Å². The summed E-state index contributed by atoms with van der Waals surface area (Å²) < 4.78 is 0. The zero-order valence-electron chi connectivity index (χ0n) is 11.2. The highest BCUT2D eigenvalue weighted by molar-refractivity contribution is 7.98. The third-order valence-corrected chi connectivity index (χ3v) is 4.39. The molecular formula is C15H21NOS. The van der Waals surface area contributed by atoms with E-state index in [-0.39, 0.29) is 11.8 Å². The minimum absolute atomic E-state index is 0.0765. The largest absolute Gasteiger partial charge is 0.293 e. The highest BCUT2D eigenvalue weighted by atomic mass is 32.2. The minimum Gasteiger partial charge on any atom is -0.293 e. The lowest BCUT2D eigenvalue weighted by Crippen LogP contribution is -2.38. The van der Waals surface area contributed by atoms with Crippen molar-refractivity contribution in [3.8, 4) is 0 Å². The molecule has 0 N–H and O–H groups in total. The van der Waals surface area contributed by atoms with Crippen molar-refractivity contribution < 1.29 is 4.79 Å². The Kier molecular flexibility index (Phi) is 4.84. The zero-order valence-corrected chi connectivity index (χ0v) is 12.0. The highest BCUT2D eigenvalue weighted by Gasteiger charge is 2.27. The quantitative estimate of drug-likeness (QED) is 0.599. The van der Waals surface area contributed by atoms with Crippen LogP contribution in [0.1, 0.15) is 36.5 Å². The molecule has 0 spiro atoms. The van der Waals surface area contributed by atoms with Crippen molar-refractivity contribution in [1.29, 1.82) is 0 Å². The van der Waals surface area contributed by atoms with Crippen LogP contribution in [0.3, 0.4) is 0 Å². The molecule has 0 aromatic heterocycles. The van der Waals surface area contributed by atoms with Crippen LogP contribution in [0, 0.1) is 0 Å². The molecule has 0 saturated carbocycles. The lowest BCUT2D eigenvalue weighted by molar-refractivity contribution is 0.0844. The van der Waals surface area contributed by atoms with E-state index in [1.165, 1.54) is 17.7 Å². The van der Waals surface area contributed by atoms with Crippen molar-refractivity contribution in [1.82, 2.24) is 4.90 Å². The Balaban J connectivity index is 2.11. The van der Waals surface area contributed by atoms with E-state index in [0.29, 0.717) is 0 Å². The van der Waals surface area contributed by atoms with Gasteiger partial charge in [0.2, 0.25) is 0 Å². The number of hydrogen-bond donors (Lipinski definition) is 0. The second kappa shape index (κ2) is 6.39. The van der Waals surface area contributed by atoms with Gasteiger partial charge in [-0.3, -0.25) is 9.69 Å². The second-order valence-corrected chi connectivity index (χ2v) is 5.64. The summed E-state index contributed by atoms with van der Waals surface area (Å²) in [5.74, 6) is 0.284. The molecule has 3 heteroatoms. The first-order valence-electron chi connectivity index (χ1n) is 6.68. The molecule has 98 valence electrons. The Morgan fingerprint density at radius 1 is 1.28 bits per heavy atom. The first kappa shape index (κ1) is 13.6. The monoisotopic (exact) mass is 263 g/mol. The van der Waals surface area contributed by atoms with Crippen LogP contribution in [0.2, 0.25) is 0 Å². The molecule has 1 saturated heterocycles. The van der Waals surface area contributed by atoms with E-state index in [9.17, 15) is 4.79 Å². The molecule has 18 heavy (non-hydrogen) atoms. The molecule has 0 amide bonds. The molecule has 1 fully saturated rings. The van der Waals surface area contributed by atoms with E-state index in [2.05, 4.69) is 18.1 Å². The summed E-state index contributed by atoms with van der Waals surface area (Å²) in [7, 11) is 0. The van der Waals surface area contributed by atoms with Gasteiger partial charge in [-0.25, -0.2) is 0 Å². The number of likely N-dealkylation sites (tertiary alicyclic amines) is 1. The Morgan fingerprint density at radius 3 is 2.39 bits per heavy atom. The molecule has 0 aliphatic carbocycles. The van der Waals surface area contributed by atoms with Crippen LogP contribution in [0.25, 0.3) is 0 Å². The van der Waals surface area contributed by atoms with Gasteiger partial charge < -0.3 is 0 Å². The summed E-state index contributed by atoms with van der Waals surface area (Å²) >= 11 is 1.71. The number of thioether (sulfide) groups is 1. The number of ketones is 1. The van der Waals surface area contributed by atoms with Gasteiger partial charge in [0.1, 0.15) is 0 Å². The van der Waals surface area contributed by atoms with Gasteiger partial charge in [-0.05, 0) is 50.7 Å². The van der Waals surface area contributed by atoms with Crippen LogP contribution in [-0.2, 0) is 0 Å². The van der Waals surface area contributed by atoms with Crippen molar-refractivity contribution in [2.75, 3.05) is 19.3 Å². The van der Waals surface area contributed by atoms with Crippen molar-refractivity contribution in [3.05, 3.63) is 29.8 Å². The van der Waals surface area contributed by atoms with Gasteiger partial charge >= 0.3 is 0 Å². The number of Topliss-reactive ketones (excluding diaryl/α,β-unsaturated/α-hetero) is 1. The minimum atomic E-state index is 0.0765. The topological polar surface area (TPSA) is 20.3 Å². The Hall–Kier alpha value is -0.800. The molecule has 1 aromatic rings. The fourth-order valence-corrected chi connectivity index (χ4v) is 3.02. The number of benzene rings is 1. The molecule has 1 aromatic carbocycles. The van der Waals surface area contributed by atoms with Crippen molar-refractivity contribution in [2.45, 2.75) is 37.1 Å². The van der Waals surface area contributed by atoms with E-state index < -0.39 is 0 Å². The molecule has 1 aliphatic rings. The van der Waals surface area contributed by atoms with Crippen LogP contribution in [-0.4, -0.2) is 36.1 Å². The van der Waals surface area contributed by atoms with E-state index in [1.54, 1.807) is 11.8 Å². The van der Waals surface area contributed by atoms with Gasteiger partial charge in [0, 0.05) is 10.5 Å². The average molecular weight is 263 g/mol. The summed E-state index contributed by atoms with van der Waals surface area (Å²) in [4.78, 5) is 16.1. The maximum atomic E-state index is 12.5. The van der Waals surface area contributed by atoms with Crippen LogP contribution in [0.5, 0.6) is 0 Å².